The normalized spacial score (nSPS) is 12.1. The summed E-state index contributed by atoms with van der Waals surface area (Å²) in [4.78, 5) is 12.8. The smallest absolute Gasteiger partial charge is 0.277 e. The molecule has 0 aliphatic heterocycles. The van der Waals surface area contributed by atoms with Crippen molar-refractivity contribution in [3.63, 3.8) is 0 Å². The molecule has 4 nitrogen and oxygen atoms in total. The van der Waals surface area contributed by atoms with Gasteiger partial charge in [-0.15, -0.1) is 0 Å². The molecule has 1 aromatic heterocycles. The third-order valence-corrected chi connectivity index (χ3v) is 3.13. The van der Waals surface area contributed by atoms with Gasteiger partial charge in [0.05, 0.1) is 0 Å². The van der Waals surface area contributed by atoms with E-state index in [-0.39, 0.29) is 5.56 Å². The molecule has 8 heteroatoms. The third-order valence-electron chi connectivity index (χ3n) is 1.78. The molecule has 0 fully saturated rings. The van der Waals surface area contributed by atoms with Gasteiger partial charge in [0.1, 0.15) is 0 Å². The number of aromatic amines is 1. The SMILES string of the molecule is Cc1c(C(F)F)cc(=O)[nH]c1S(=O)(=O)Cl. The van der Waals surface area contributed by atoms with Crippen LogP contribution in [0.15, 0.2) is 15.9 Å². The van der Waals surface area contributed by atoms with Gasteiger partial charge in [0, 0.05) is 22.3 Å². The minimum Gasteiger partial charge on any atom is -0.312 e. The average Bonchev–Trinajstić information content (AvgIpc) is 2.06. The number of alkyl halides is 2. The minimum atomic E-state index is -4.23. The lowest BCUT2D eigenvalue weighted by atomic mass is 10.2. The van der Waals surface area contributed by atoms with E-state index in [4.69, 9.17) is 10.7 Å². The molecular weight excluding hydrogens is 252 g/mol. The first kappa shape index (κ1) is 12.1. The molecule has 84 valence electrons. The number of hydrogen-bond donors (Lipinski definition) is 1. The second kappa shape index (κ2) is 3.90. The molecule has 0 radical (unpaired) electrons. The van der Waals surface area contributed by atoms with Crippen LogP contribution in [0.1, 0.15) is 17.6 Å². The van der Waals surface area contributed by atoms with E-state index in [1.807, 2.05) is 4.98 Å². The van der Waals surface area contributed by atoms with Crippen molar-refractivity contribution in [3.05, 3.63) is 27.5 Å². The highest BCUT2D eigenvalue weighted by molar-refractivity contribution is 8.13. The first-order valence-corrected chi connectivity index (χ1v) is 6.01. The predicted octanol–water partition coefficient (Wildman–Crippen LogP) is 1.55. The second-order valence-corrected chi connectivity index (χ2v) is 5.28. The Kier molecular flexibility index (Phi) is 3.15. The lowest BCUT2D eigenvalue weighted by Gasteiger charge is -2.07. The van der Waals surface area contributed by atoms with Gasteiger partial charge in [-0.25, -0.2) is 17.2 Å². The highest BCUT2D eigenvalue weighted by Gasteiger charge is 2.21. The summed E-state index contributed by atoms with van der Waals surface area (Å²) in [5, 5.41) is -0.688. The fourth-order valence-corrected chi connectivity index (χ4v) is 2.26. The molecule has 1 heterocycles. The summed E-state index contributed by atoms with van der Waals surface area (Å²) in [6, 6.07) is 0.644. The molecule has 0 aliphatic carbocycles. The van der Waals surface area contributed by atoms with Crippen molar-refractivity contribution in [1.29, 1.82) is 0 Å². The molecule has 1 rings (SSSR count). The molecule has 0 aliphatic rings. The van der Waals surface area contributed by atoms with E-state index in [9.17, 15) is 22.0 Å². The van der Waals surface area contributed by atoms with Crippen molar-refractivity contribution in [2.75, 3.05) is 0 Å². The third kappa shape index (κ3) is 2.54. The van der Waals surface area contributed by atoms with Crippen LogP contribution in [0.25, 0.3) is 0 Å². The number of rotatable bonds is 2. The molecule has 0 aromatic carbocycles. The Morgan fingerprint density at radius 1 is 1.47 bits per heavy atom. The van der Waals surface area contributed by atoms with E-state index in [0.717, 1.165) is 6.92 Å². The Bertz CT molecular complexity index is 538. The Balaban J connectivity index is 3.64. The molecular formula is C7H6ClF2NO3S. The van der Waals surface area contributed by atoms with Gasteiger partial charge in [-0.05, 0) is 12.5 Å². The van der Waals surface area contributed by atoms with Crippen LogP contribution in [0.4, 0.5) is 8.78 Å². The zero-order chi connectivity index (χ0) is 11.8. The Morgan fingerprint density at radius 2 is 2.00 bits per heavy atom. The highest BCUT2D eigenvalue weighted by atomic mass is 35.7. The van der Waals surface area contributed by atoms with E-state index >= 15 is 0 Å². The zero-order valence-corrected chi connectivity index (χ0v) is 8.99. The fourth-order valence-electron chi connectivity index (χ4n) is 1.09. The van der Waals surface area contributed by atoms with Crippen LogP contribution in [-0.4, -0.2) is 13.4 Å². The van der Waals surface area contributed by atoms with E-state index in [1.165, 1.54) is 0 Å². The maximum Gasteiger partial charge on any atom is 0.277 e. The molecule has 1 N–H and O–H groups in total. The van der Waals surface area contributed by atoms with Gasteiger partial charge >= 0.3 is 0 Å². The summed E-state index contributed by atoms with van der Waals surface area (Å²) < 4.78 is 46.6. The lowest BCUT2D eigenvalue weighted by molar-refractivity contribution is 0.150. The number of pyridine rings is 1. The highest BCUT2D eigenvalue weighted by Crippen LogP contribution is 2.25. The number of halogens is 3. The fraction of sp³-hybridized carbons (Fsp3) is 0.286. The van der Waals surface area contributed by atoms with Gasteiger partial charge in [0.2, 0.25) is 5.56 Å². The molecule has 0 bridgehead atoms. The maximum absolute atomic E-state index is 12.4. The van der Waals surface area contributed by atoms with Crippen molar-refractivity contribution >= 4 is 19.7 Å². The number of nitrogens with one attached hydrogen (secondary N) is 1. The van der Waals surface area contributed by atoms with Crippen molar-refractivity contribution in [3.8, 4) is 0 Å². The molecule has 1 aromatic rings. The van der Waals surface area contributed by atoms with Gasteiger partial charge in [-0.1, -0.05) is 0 Å². The minimum absolute atomic E-state index is 0.250. The topological polar surface area (TPSA) is 67.0 Å². The van der Waals surface area contributed by atoms with Crippen LogP contribution in [0.2, 0.25) is 0 Å². The maximum atomic E-state index is 12.4. The first-order valence-electron chi connectivity index (χ1n) is 3.70. The van der Waals surface area contributed by atoms with Crippen LogP contribution in [-0.2, 0) is 9.05 Å². The van der Waals surface area contributed by atoms with Crippen molar-refractivity contribution in [1.82, 2.24) is 4.98 Å². The summed E-state index contributed by atoms with van der Waals surface area (Å²) in [5.41, 5.74) is -1.83. The standard InChI is InChI=1S/C7H6ClF2NO3S/c1-3-4(6(9)10)2-5(12)11-7(3)15(8,13)14/h2,6H,1H3,(H,11,12). The number of H-pyrrole nitrogens is 1. The molecule has 0 unspecified atom stereocenters. The molecule has 0 atom stereocenters. The van der Waals surface area contributed by atoms with Gasteiger partial charge < -0.3 is 4.98 Å². The van der Waals surface area contributed by atoms with Crippen molar-refractivity contribution in [2.24, 2.45) is 0 Å². The molecule has 0 amide bonds. The average molecular weight is 258 g/mol. The van der Waals surface area contributed by atoms with E-state index in [0.29, 0.717) is 6.07 Å². The van der Waals surface area contributed by atoms with Gasteiger partial charge in [0.15, 0.2) is 5.03 Å². The summed E-state index contributed by atoms with van der Waals surface area (Å²) in [6.07, 6.45) is -2.93. The van der Waals surface area contributed by atoms with Crippen LogP contribution >= 0.6 is 10.7 Å². The largest absolute Gasteiger partial charge is 0.312 e. The van der Waals surface area contributed by atoms with Crippen molar-refractivity contribution in [2.45, 2.75) is 18.4 Å². The van der Waals surface area contributed by atoms with Gasteiger partial charge in [-0.2, -0.15) is 0 Å². The zero-order valence-electron chi connectivity index (χ0n) is 7.42. The monoisotopic (exact) mass is 257 g/mol. The van der Waals surface area contributed by atoms with Crippen LogP contribution in [0.3, 0.4) is 0 Å². The molecule has 0 saturated heterocycles. The van der Waals surface area contributed by atoms with Gasteiger partial charge in [0.25, 0.3) is 15.5 Å². The van der Waals surface area contributed by atoms with Gasteiger partial charge in [-0.3, -0.25) is 4.79 Å². The quantitative estimate of drug-likeness (QED) is 0.818. The number of aromatic nitrogens is 1. The lowest BCUT2D eigenvalue weighted by Crippen LogP contribution is -2.14. The van der Waals surface area contributed by atoms with E-state index in [1.54, 1.807) is 0 Å². The van der Waals surface area contributed by atoms with Crippen LogP contribution in [0.5, 0.6) is 0 Å². The molecule has 0 spiro atoms. The Morgan fingerprint density at radius 3 is 2.40 bits per heavy atom. The predicted molar refractivity (Wildman–Crippen MR) is 49.8 cm³/mol. The Hall–Kier alpha value is -0.950. The molecule has 0 saturated carbocycles. The summed E-state index contributed by atoms with van der Waals surface area (Å²) in [5.74, 6) is 0. The second-order valence-electron chi connectivity index (χ2n) is 2.78. The summed E-state index contributed by atoms with van der Waals surface area (Å²) in [7, 11) is 0.741. The summed E-state index contributed by atoms with van der Waals surface area (Å²) >= 11 is 0. The van der Waals surface area contributed by atoms with Crippen molar-refractivity contribution < 1.29 is 17.2 Å². The molecule has 15 heavy (non-hydrogen) atoms. The number of hydrogen-bond acceptors (Lipinski definition) is 3. The van der Waals surface area contributed by atoms with E-state index in [2.05, 4.69) is 0 Å². The van der Waals surface area contributed by atoms with Crippen LogP contribution in [0, 0.1) is 6.92 Å². The first-order chi connectivity index (χ1) is 6.73. The summed E-state index contributed by atoms with van der Waals surface area (Å²) in [6.45, 7) is 1.15. The van der Waals surface area contributed by atoms with Crippen LogP contribution < -0.4 is 5.56 Å². The Labute approximate surface area is 88.3 Å². The van der Waals surface area contributed by atoms with E-state index < -0.39 is 31.6 Å².